The second-order valence-corrected chi connectivity index (χ2v) is 6.33. The predicted molar refractivity (Wildman–Crippen MR) is 83.5 cm³/mol. The Morgan fingerprint density at radius 1 is 1.47 bits per heavy atom. The van der Waals surface area contributed by atoms with E-state index in [9.17, 15) is 0 Å². The van der Waals surface area contributed by atoms with Crippen molar-refractivity contribution in [3.8, 4) is 0 Å². The topological polar surface area (TPSA) is 21.3 Å². The van der Waals surface area contributed by atoms with Gasteiger partial charge in [-0.2, -0.15) is 0 Å². The van der Waals surface area contributed by atoms with E-state index in [0.717, 1.165) is 24.2 Å². The van der Waals surface area contributed by atoms with E-state index < -0.39 is 0 Å². The van der Waals surface area contributed by atoms with E-state index in [1.165, 1.54) is 30.4 Å². The fraction of sp³-hybridized carbons (Fsp3) is 0.625. The summed E-state index contributed by atoms with van der Waals surface area (Å²) in [6.45, 7) is 7.30. The van der Waals surface area contributed by atoms with Crippen molar-refractivity contribution in [1.29, 1.82) is 0 Å². The third-order valence-electron chi connectivity index (χ3n) is 3.85. The third kappa shape index (κ3) is 4.04. The Bertz CT molecular complexity index is 402. The molecule has 1 aromatic carbocycles. The van der Waals surface area contributed by atoms with E-state index in [0.29, 0.717) is 12.0 Å². The first-order chi connectivity index (χ1) is 9.22. The second-order valence-electron chi connectivity index (χ2n) is 5.41. The van der Waals surface area contributed by atoms with Crippen molar-refractivity contribution in [3.05, 3.63) is 33.8 Å². The lowest BCUT2D eigenvalue weighted by Crippen LogP contribution is -2.34. The third-order valence-corrected chi connectivity index (χ3v) is 4.34. The van der Waals surface area contributed by atoms with Gasteiger partial charge in [0, 0.05) is 23.0 Å². The van der Waals surface area contributed by atoms with Crippen molar-refractivity contribution >= 4 is 15.9 Å². The van der Waals surface area contributed by atoms with Gasteiger partial charge in [-0.15, -0.1) is 0 Å². The molecule has 0 aromatic heterocycles. The molecule has 2 unspecified atom stereocenters. The van der Waals surface area contributed by atoms with Crippen LogP contribution in [0.4, 0.5) is 0 Å². The SMILES string of the molecule is CCCNC(c1ccc(Br)cc1C)C1CCCOC1. The van der Waals surface area contributed by atoms with Gasteiger partial charge >= 0.3 is 0 Å². The summed E-state index contributed by atoms with van der Waals surface area (Å²) in [4.78, 5) is 0. The lowest BCUT2D eigenvalue weighted by atomic mass is 9.86. The van der Waals surface area contributed by atoms with Crippen LogP contribution >= 0.6 is 15.9 Å². The average molecular weight is 326 g/mol. The van der Waals surface area contributed by atoms with E-state index in [1.807, 2.05) is 0 Å². The maximum Gasteiger partial charge on any atom is 0.0512 e. The summed E-state index contributed by atoms with van der Waals surface area (Å²) in [5, 5.41) is 3.72. The maximum atomic E-state index is 5.68. The monoisotopic (exact) mass is 325 g/mol. The average Bonchev–Trinajstić information content (AvgIpc) is 2.42. The number of rotatable bonds is 5. The number of aryl methyl sites for hydroxylation is 1. The minimum absolute atomic E-state index is 0.424. The van der Waals surface area contributed by atoms with E-state index in [4.69, 9.17) is 4.74 Å². The molecule has 1 N–H and O–H groups in total. The molecule has 0 bridgehead atoms. The summed E-state index contributed by atoms with van der Waals surface area (Å²) >= 11 is 3.55. The Morgan fingerprint density at radius 3 is 2.95 bits per heavy atom. The van der Waals surface area contributed by atoms with Gasteiger partial charge in [0.1, 0.15) is 0 Å². The number of ether oxygens (including phenoxy) is 1. The van der Waals surface area contributed by atoms with Crippen LogP contribution in [-0.2, 0) is 4.74 Å². The fourth-order valence-corrected chi connectivity index (χ4v) is 3.32. The van der Waals surface area contributed by atoms with Crippen LogP contribution in [0, 0.1) is 12.8 Å². The fourth-order valence-electron chi connectivity index (χ4n) is 2.85. The minimum atomic E-state index is 0.424. The lowest BCUT2D eigenvalue weighted by Gasteiger charge is -2.32. The van der Waals surface area contributed by atoms with Crippen molar-refractivity contribution in [2.75, 3.05) is 19.8 Å². The molecular formula is C16H24BrNO. The highest BCUT2D eigenvalue weighted by Gasteiger charge is 2.26. The molecule has 1 fully saturated rings. The Kier molecular flexibility index (Phi) is 5.86. The van der Waals surface area contributed by atoms with Gasteiger partial charge in [-0.1, -0.05) is 28.9 Å². The second kappa shape index (κ2) is 7.41. The quantitative estimate of drug-likeness (QED) is 0.874. The van der Waals surface area contributed by atoms with Gasteiger partial charge in [-0.25, -0.2) is 0 Å². The zero-order chi connectivity index (χ0) is 13.7. The van der Waals surface area contributed by atoms with Gasteiger partial charge in [0.25, 0.3) is 0 Å². The van der Waals surface area contributed by atoms with Crippen LogP contribution in [-0.4, -0.2) is 19.8 Å². The van der Waals surface area contributed by atoms with E-state index in [2.05, 4.69) is 53.3 Å². The van der Waals surface area contributed by atoms with Gasteiger partial charge in [0.15, 0.2) is 0 Å². The van der Waals surface area contributed by atoms with Crippen LogP contribution in [0.5, 0.6) is 0 Å². The summed E-state index contributed by atoms with van der Waals surface area (Å²) in [7, 11) is 0. The molecule has 0 amide bonds. The van der Waals surface area contributed by atoms with E-state index >= 15 is 0 Å². The maximum absolute atomic E-state index is 5.68. The summed E-state index contributed by atoms with van der Waals surface area (Å²) in [6.07, 6.45) is 3.61. The highest BCUT2D eigenvalue weighted by molar-refractivity contribution is 9.10. The molecule has 2 atom stereocenters. The van der Waals surface area contributed by atoms with Crippen LogP contribution in [0.15, 0.2) is 22.7 Å². The zero-order valence-electron chi connectivity index (χ0n) is 11.9. The molecule has 0 radical (unpaired) electrons. The molecule has 106 valence electrons. The van der Waals surface area contributed by atoms with Crippen LogP contribution in [0.1, 0.15) is 43.4 Å². The highest BCUT2D eigenvalue weighted by atomic mass is 79.9. The number of halogens is 1. The van der Waals surface area contributed by atoms with E-state index in [1.54, 1.807) is 0 Å². The first-order valence-corrected chi connectivity index (χ1v) is 8.09. The van der Waals surface area contributed by atoms with Gasteiger partial charge in [-0.3, -0.25) is 0 Å². The number of hydrogen-bond acceptors (Lipinski definition) is 2. The molecule has 2 rings (SSSR count). The van der Waals surface area contributed by atoms with Crippen LogP contribution < -0.4 is 5.32 Å². The molecule has 1 aliphatic rings. The standard InChI is InChI=1S/C16H24BrNO/c1-3-8-18-16(13-5-4-9-19-11-13)15-7-6-14(17)10-12(15)2/h6-7,10,13,16,18H,3-5,8-9,11H2,1-2H3. The Labute approximate surface area is 125 Å². The number of nitrogens with one attached hydrogen (secondary N) is 1. The molecule has 1 aliphatic heterocycles. The molecule has 3 heteroatoms. The van der Waals surface area contributed by atoms with Crippen molar-refractivity contribution < 1.29 is 4.74 Å². The smallest absolute Gasteiger partial charge is 0.0512 e. The highest BCUT2D eigenvalue weighted by Crippen LogP contribution is 2.31. The van der Waals surface area contributed by atoms with Crippen molar-refractivity contribution in [2.24, 2.45) is 5.92 Å². The molecule has 0 spiro atoms. The predicted octanol–water partition coefficient (Wildman–Crippen LogP) is 4.22. The van der Waals surface area contributed by atoms with Gasteiger partial charge in [0.2, 0.25) is 0 Å². The first-order valence-electron chi connectivity index (χ1n) is 7.29. The molecule has 0 saturated carbocycles. The molecular weight excluding hydrogens is 302 g/mol. The largest absolute Gasteiger partial charge is 0.381 e. The first kappa shape index (κ1) is 15.0. The van der Waals surface area contributed by atoms with Crippen LogP contribution in [0.25, 0.3) is 0 Å². The molecule has 1 heterocycles. The zero-order valence-corrected chi connectivity index (χ0v) is 13.5. The number of benzene rings is 1. The number of hydrogen-bond donors (Lipinski definition) is 1. The van der Waals surface area contributed by atoms with Crippen molar-refractivity contribution in [3.63, 3.8) is 0 Å². The van der Waals surface area contributed by atoms with E-state index in [-0.39, 0.29) is 0 Å². The molecule has 2 nitrogen and oxygen atoms in total. The summed E-state index contributed by atoms with van der Waals surface area (Å²) < 4.78 is 6.83. The minimum Gasteiger partial charge on any atom is -0.381 e. The van der Waals surface area contributed by atoms with Gasteiger partial charge < -0.3 is 10.1 Å². The van der Waals surface area contributed by atoms with Crippen molar-refractivity contribution in [1.82, 2.24) is 5.32 Å². The van der Waals surface area contributed by atoms with Crippen molar-refractivity contribution in [2.45, 2.75) is 39.2 Å². The lowest BCUT2D eigenvalue weighted by molar-refractivity contribution is 0.0389. The Hall–Kier alpha value is -0.380. The molecule has 19 heavy (non-hydrogen) atoms. The molecule has 0 aliphatic carbocycles. The van der Waals surface area contributed by atoms with Gasteiger partial charge in [0.05, 0.1) is 6.61 Å². The Morgan fingerprint density at radius 2 is 2.32 bits per heavy atom. The summed E-state index contributed by atoms with van der Waals surface area (Å²) in [6, 6.07) is 7.03. The normalized spacial score (nSPS) is 21.3. The molecule has 1 aromatic rings. The van der Waals surface area contributed by atoms with Gasteiger partial charge in [-0.05, 0) is 56.0 Å². The molecule has 1 saturated heterocycles. The van der Waals surface area contributed by atoms with Crippen LogP contribution in [0.2, 0.25) is 0 Å². The summed E-state index contributed by atoms with van der Waals surface area (Å²) in [5.74, 6) is 0.597. The van der Waals surface area contributed by atoms with Crippen LogP contribution in [0.3, 0.4) is 0 Å². The summed E-state index contributed by atoms with van der Waals surface area (Å²) in [5.41, 5.74) is 2.78. The Balaban J connectivity index is 2.19.